The molecule has 0 bridgehead atoms. The maximum absolute atomic E-state index is 13.0. The highest BCUT2D eigenvalue weighted by molar-refractivity contribution is 5.92. The molecular formula is C26H32N2O6. The Labute approximate surface area is 199 Å². The number of benzene rings is 2. The Hall–Kier alpha value is -3.39. The third-order valence-electron chi connectivity index (χ3n) is 5.97. The lowest BCUT2D eigenvalue weighted by Crippen LogP contribution is -2.56. The summed E-state index contributed by atoms with van der Waals surface area (Å²) in [6.45, 7) is 5.27. The minimum Gasteiger partial charge on any atom is -0.480 e. The molecule has 0 heterocycles. The van der Waals surface area contributed by atoms with Gasteiger partial charge in [0, 0.05) is 5.69 Å². The van der Waals surface area contributed by atoms with E-state index in [1.165, 1.54) is 6.92 Å². The van der Waals surface area contributed by atoms with Crippen LogP contribution in [0.15, 0.2) is 42.5 Å². The van der Waals surface area contributed by atoms with Crippen molar-refractivity contribution in [3.8, 4) is 5.75 Å². The van der Waals surface area contributed by atoms with Gasteiger partial charge in [-0.3, -0.25) is 9.59 Å². The zero-order valence-corrected chi connectivity index (χ0v) is 19.8. The van der Waals surface area contributed by atoms with Crippen molar-refractivity contribution in [2.75, 3.05) is 5.32 Å². The van der Waals surface area contributed by atoms with Crippen LogP contribution < -0.4 is 15.4 Å². The fourth-order valence-electron chi connectivity index (χ4n) is 4.32. The second-order valence-corrected chi connectivity index (χ2v) is 9.08. The summed E-state index contributed by atoms with van der Waals surface area (Å²) in [7, 11) is 0. The highest BCUT2D eigenvalue weighted by atomic mass is 16.5. The van der Waals surface area contributed by atoms with Crippen molar-refractivity contribution in [3.63, 3.8) is 0 Å². The van der Waals surface area contributed by atoms with Crippen molar-refractivity contribution in [3.05, 3.63) is 59.2 Å². The SMILES string of the molecule is Cc1cc(C)cc(NC(=O)Cc2ccc(OC3(C(=O)N[C@@H](C(=O)O)C(C)O)CCCC3)cc2)c1. The molecule has 0 aliphatic heterocycles. The number of hydrogen-bond donors (Lipinski definition) is 4. The number of anilines is 1. The van der Waals surface area contributed by atoms with E-state index in [1.807, 2.05) is 32.0 Å². The van der Waals surface area contributed by atoms with Gasteiger partial charge >= 0.3 is 5.97 Å². The largest absolute Gasteiger partial charge is 0.480 e. The van der Waals surface area contributed by atoms with Gasteiger partial charge in [-0.15, -0.1) is 0 Å². The summed E-state index contributed by atoms with van der Waals surface area (Å²) in [4.78, 5) is 36.8. The molecule has 34 heavy (non-hydrogen) atoms. The molecule has 2 aromatic carbocycles. The highest BCUT2D eigenvalue weighted by Crippen LogP contribution is 2.35. The van der Waals surface area contributed by atoms with Crippen molar-refractivity contribution >= 4 is 23.5 Å². The summed E-state index contributed by atoms with van der Waals surface area (Å²) in [5.74, 6) is -1.53. The van der Waals surface area contributed by atoms with Crippen molar-refractivity contribution in [1.82, 2.24) is 5.32 Å². The number of ether oxygens (including phenoxy) is 1. The van der Waals surface area contributed by atoms with E-state index in [4.69, 9.17) is 4.74 Å². The Morgan fingerprint density at radius 2 is 1.62 bits per heavy atom. The van der Waals surface area contributed by atoms with Gasteiger partial charge in [-0.2, -0.15) is 0 Å². The number of nitrogens with one attached hydrogen (secondary N) is 2. The van der Waals surface area contributed by atoms with Crippen LogP contribution in [-0.2, 0) is 20.8 Å². The zero-order chi connectivity index (χ0) is 24.9. The monoisotopic (exact) mass is 468 g/mol. The first-order valence-electron chi connectivity index (χ1n) is 11.5. The summed E-state index contributed by atoms with van der Waals surface area (Å²) < 4.78 is 6.08. The minimum atomic E-state index is -1.41. The van der Waals surface area contributed by atoms with E-state index in [-0.39, 0.29) is 12.3 Å². The average Bonchev–Trinajstić information content (AvgIpc) is 3.21. The summed E-state index contributed by atoms with van der Waals surface area (Å²) in [6, 6.07) is 11.4. The molecule has 1 fully saturated rings. The fraction of sp³-hybridized carbons (Fsp3) is 0.423. The Bertz CT molecular complexity index is 1020. The van der Waals surface area contributed by atoms with Crippen LogP contribution in [0.5, 0.6) is 5.75 Å². The third-order valence-corrected chi connectivity index (χ3v) is 5.97. The van der Waals surface area contributed by atoms with E-state index in [0.29, 0.717) is 18.6 Å². The Morgan fingerprint density at radius 1 is 1.03 bits per heavy atom. The van der Waals surface area contributed by atoms with Gasteiger partial charge in [0.2, 0.25) is 5.91 Å². The van der Waals surface area contributed by atoms with E-state index in [1.54, 1.807) is 24.3 Å². The number of aliphatic hydroxyl groups is 1. The number of amides is 2. The molecule has 0 spiro atoms. The lowest BCUT2D eigenvalue weighted by Gasteiger charge is -2.31. The van der Waals surface area contributed by atoms with Gasteiger partial charge in [-0.05, 0) is 87.4 Å². The molecule has 0 aromatic heterocycles. The summed E-state index contributed by atoms with van der Waals surface area (Å²) in [5, 5.41) is 24.3. The summed E-state index contributed by atoms with van der Waals surface area (Å²) >= 11 is 0. The van der Waals surface area contributed by atoms with Gasteiger partial charge in [0.25, 0.3) is 5.91 Å². The number of aliphatic hydroxyl groups excluding tert-OH is 1. The highest BCUT2D eigenvalue weighted by Gasteiger charge is 2.45. The fourth-order valence-corrected chi connectivity index (χ4v) is 4.32. The molecule has 1 aliphatic carbocycles. The molecule has 1 unspecified atom stereocenters. The van der Waals surface area contributed by atoms with Crippen molar-refractivity contribution in [2.24, 2.45) is 0 Å². The number of carboxylic acid groups (broad SMARTS) is 1. The number of carbonyl (C=O) groups is 3. The van der Waals surface area contributed by atoms with Gasteiger partial charge < -0.3 is 25.6 Å². The van der Waals surface area contributed by atoms with Gasteiger partial charge in [-0.25, -0.2) is 4.79 Å². The van der Waals surface area contributed by atoms with E-state index >= 15 is 0 Å². The maximum atomic E-state index is 13.0. The zero-order valence-electron chi connectivity index (χ0n) is 19.8. The molecule has 0 saturated heterocycles. The molecule has 1 aliphatic rings. The van der Waals surface area contributed by atoms with Crippen LogP contribution in [0, 0.1) is 13.8 Å². The molecule has 182 valence electrons. The maximum Gasteiger partial charge on any atom is 0.328 e. The summed E-state index contributed by atoms with van der Waals surface area (Å²) in [6.07, 6.45) is 1.39. The number of hydrogen-bond acceptors (Lipinski definition) is 5. The number of carbonyl (C=O) groups excluding carboxylic acids is 2. The minimum absolute atomic E-state index is 0.136. The second kappa shape index (κ2) is 10.7. The van der Waals surface area contributed by atoms with Crippen LogP contribution in [0.3, 0.4) is 0 Å². The van der Waals surface area contributed by atoms with Gasteiger partial charge in [0.05, 0.1) is 12.5 Å². The third kappa shape index (κ3) is 6.35. The molecule has 2 aromatic rings. The Kier molecular flexibility index (Phi) is 7.94. The molecular weight excluding hydrogens is 436 g/mol. The molecule has 1 saturated carbocycles. The average molecular weight is 469 g/mol. The molecule has 2 amide bonds. The van der Waals surface area contributed by atoms with Crippen LogP contribution >= 0.6 is 0 Å². The second-order valence-electron chi connectivity index (χ2n) is 9.08. The van der Waals surface area contributed by atoms with Gasteiger partial charge in [0.15, 0.2) is 11.6 Å². The number of aliphatic carboxylic acids is 1. The smallest absolute Gasteiger partial charge is 0.328 e. The number of aryl methyl sites for hydroxylation is 2. The van der Waals surface area contributed by atoms with E-state index in [0.717, 1.165) is 35.2 Å². The van der Waals surface area contributed by atoms with Crippen molar-refractivity contribution < 1.29 is 29.3 Å². The first kappa shape index (κ1) is 25.2. The lowest BCUT2D eigenvalue weighted by atomic mass is 9.99. The predicted molar refractivity (Wildman–Crippen MR) is 128 cm³/mol. The van der Waals surface area contributed by atoms with Crippen LogP contribution in [-0.4, -0.2) is 45.7 Å². The topological polar surface area (TPSA) is 125 Å². The van der Waals surface area contributed by atoms with Crippen molar-refractivity contribution in [1.29, 1.82) is 0 Å². The normalized spacial score (nSPS) is 16.4. The van der Waals surface area contributed by atoms with E-state index < -0.39 is 29.6 Å². The molecule has 2 atom stereocenters. The van der Waals surface area contributed by atoms with E-state index in [9.17, 15) is 24.6 Å². The van der Waals surface area contributed by atoms with Crippen LogP contribution in [0.1, 0.15) is 49.3 Å². The first-order chi connectivity index (χ1) is 16.1. The molecule has 0 radical (unpaired) electrons. The summed E-state index contributed by atoms with van der Waals surface area (Å²) in [5.41, 5.74) is 2.51. The number of carboxylic acids is 1. The number of rotatable bonds is 9. The Morgan fingerprint density at radius 3 is 2.15 bits per heavy atom. The van der Waals surface area contributed by atoms with Gasteiger partial charge in [0.1, 0.15) is 5.75 Å². The molecule has 8 heteroatoms. The van der Waals surface area contributed by atoms with E-state index in [2.05, 4.69) is 10.6 Å². The van der Waals surface area contributed by atoms with Crippen molar-refractivity contribution in [2.45, 2.75) is 70.6 Å². The first-order valence-corrected chi connectivity index (χ1v) is 11.5. The van der Waals surface area contributed by atoms with Crippen LogP contribution in [0.25, 0.3) is 0 Å². The quantitative estimate of drug-likeness (QED) is 0.448. The standard InChI is InChI=1S/C26H32N2O6/c1-16-12-17(2)14-20(13-16)27-22(30)15-19-6-8-21(9-7-19)34-26(10-4-5-11-26)25(33)28-23(18(3)29)24(31)32/h6-9,12-14,18,23,29H,4-5,10-11,15H2,1-3H3,(H,27,30)(H,28,33)(H,31,32)/t18?,23-/m1/s1. The van der Waals surface area contributed by atoms with Crippen LogP contribution in [0.2, 0.25) is 0 Å². The molecule has 4 N–H and O–H groups in total. The molecule has 3 rings (SSSR count). The Balaban J connectivity index is 1.65. The van der Waals surface area contributed by atoms with Crippen LogP contribution in [0.4, 0.5) is 5.69 Å². The molecule has 8 nitrogen and oxygen atoms in total. The van der Waals surface area contributed by atoms with Gasteiger partial charge in [-0.1, -0.05) is 18.2 Å². The lowest BCUT2D eigenvalue weighted by molar-refractivity contribution is -0.148. The predicted octanol–water partition coefficient (Wildman–Crippen LogP) is 3.13.